The van der Waals surface area contributed by atoms with Crippen LogP contribution in [0.3, 0.4) is 0 Å². The van der Waals surface area contributed by atoms with E-state index in [-0.39, 0.29) is 18.9 Å². The van der Waals surface area contributed by atoms with Gasteiger partial charge in [0.2, 0.25) is 0 Å². The van der Waals surface area contributed by atoms with E-state index in [1.165, 1.54) is 4.88 Å². The summed E-state index contributed by atoms with van der Waals surface area (Å²) in [5.41, 5.74) is 1.04. The fourth-order valence-electron chi connectivity index (χ4n) is 0.785. The topological polar surface area (TPSA) is 15.6 Å². The molecule has 1 aromatic rings. The van der Waals surface area contributed by atoms with E-state index < -0.39 is 0 Å². The zero-order valence-corrected chi connectivity index (χ0v) is 8.77. The second-order valence-electron chi connectivity index (χ2n) is 2.45. The van der Waals surface area contributed by atoms with E-state index in [4.69, 9.17) is 0 Å². The van der Waals surface area contributed by atoms with E-state index in [1.807, 2.05) is 33.2 Å². The number of thiophene rings is 1. The quantitative estimate of drug-likeness (QED) is 0.239. The minimum Gasteiger partial charge on any atom is -0.304 e. The molecular formula is C8H11LiN2S. The van der Waals surface area contributed by atoms with E-state index in [0.29, 0.717) is 0 Å². The van der Waals surface area contributed by atoms with Crippen LogP contribution in [0.25, 0.3) is 0 Å². The van der Waals surface area contributed by atoms with Gasteiger partial charge in [0.1, 0.15) is 0 Å². The Bertz CT molecular complexity index is 242. The normalized spacial score (nSPS) is 10.8. The molecule has 0 fully saturated rings. The molecule has 0 N–H and O–H groups in total. The van der Waals surface area contributed by atoms with Crippen LogP contribution in [0.4, 0.5) is 0 Å². The van der Waals surface area contributed by atoms with Crippen LogP contribution < -0.4 is 18.9 Å². The van der Waals surface area contributed by atoms with E-state index in [0.717, 1.165) is 5.71 Å². The number of rotatable bonds is 2. The fraction of sp³-hybridized carbons (Fsp3) is 0.375. The SMILES string of the molecule is C/C(=N\N(C)C)c1cc[c-]s1.[Li+]. The molecule has 0 saturated carbocycles. The summed E-state index contributed by atoms with van der Waals surface area (Å²) in [6.07, 6.45) is 0. The van der Waals surface area contributed by atoms with Gasteiger partial charge in [-0.05, 0) is 6.92 Å². The minimum absolute atomic E-state index is 0. The first kappa shape index (κ1) is 11.8. The van der Waals surface area contributed by atoms with Gasteiger partial charge in [0, 0.05) is 19.8 Å². The van der Waals surface area contributed by atoms with E-state index in [2.05, 4.69) is 10.5 Å². The van der Waals surface area contributed by atoms with Gasteiger partial charge in [-0.3, -0.25) is 11.3 Å². The molecule has 0 aliphatic carbocycles. The van der Waals surface area contributed by atoms with Crippen molar-refractivity contribution < 1.29 is 18.9 Å². The van der Waals surface area contributed by atoms with Gasteiger partial charge in [-0.2, -0.15) is 17.2 Å². The van der Waals surface area contributed by atoms with Crippen LogP contribution in [0.15, 0.2) is 17.2 Å². The maximum atomic E-state index is 4.26. The van der Waals surface area contributed by atoms with Gasteiger partial charge in [0.15, 0.2) is 0 Å². The summed E-state index contributed by atoms with van der Waals surface area (Å²) in [5.74, 6) is 0. The summed E-state index contributed by atoms with van der Waals surface area (Å²) >= 11 is 1.59. The van der Waals surface area contributed by atoms with Crippen molar-refractivity contribution in [3.8, 4) is 0 Å². The van der Waals surface area contributed by atoms with Crippen molar-refractivity contribution in [2.45, 2.75) is 6.92 Å². The summed E-state index contributed by atoms with van der Waals surface area (Å²) < 4.78 is 0. The van der Waals surface area contributed by atoms with Crippen molar-refractivity contribution in [1.82, 2.24) is 5.01 Å². The standard InChI is InChI=1S/C8H11N2S.Li/c1-7(9-10(2)3)8-5-4-6-11-8;/h4-5H,1-3H3;/q-1;+1/b9-7+;. The van der Waals surface area contributed by atoms with Crippen molar-refractivity contribution in [2.24, 2.45) is 5.10 Å². The average Bonchev–Trinajstić information content (AvgIpc) is 2.35. The first-order valence-corrected chi connectivity index (χ1v) is 4.20. The van der Waals surface area contributed by atoms with Gasteiger partial charge in [-0.25, -0.2) is 0 Å². The zero-order valence-electron chi connectivity index (χ0n) is 7.96. The molecule has 0 aromatic carbocycles. The molecule has 0 amide bonds. The Hall–Kier alpha value is -0.233. The molecule has 0 bridgehead atoms. The summed E-state index contributed by atoms with van der Waals surface area (Å²) in [6, 6.07) is 3.93. The molecule has 1 rings (SSSR count). The minimum atomic E-state index is 0. The fourth-order valence-corrected chi connectivity index (χ4v) is 1.37. The number of hydrogen-bond acceptors (Lipinski definition) is 3. The molecule has 0 radical (unpaired) electrons. The summed E-state index contributed by atoms with van der Waals surface area (Å²) in [7, 11) is 3.83. The van der Waals surface area contributed by atoms with Crippen molar-refractivity contribution in [3.63, 3.8) is 0 Å². The molecule has 0 saturated heterocycles. The molecule has 0 unspecified atom stereocenters. The monoisotopic (exact) mass is 174 g/mol. The van der Waals surface area contributed by atoms with Crippen LogP contribution >= 0.6 is 11.3 Å². The predicted octanol–water partition coefficient (Wildman–Crippen LogP) is -1.16. The van der Waals surface area contributed by atoms with Gasteiger partial charge >= 0.3 is 18.9 Å². The summed E-state index contributed by atoms with van der Waals surface area (Å²) in [6.45, 7) is 2.00. The number of hydrogen-bond donors (Lipinski definition) is 0. The molecule has 12 heavy (non-hydrogen) atoms. The first-order chi connectivity index (χ1) is 5.20. The Morgan fingerprint density at radius 2 is 2.25 bits per heavy atom. The number of nitrogens with zero attached hydrogens (tertiary/aromatic N) is 2. The third-order valence-corrected chi connectivity index (χ3v) is 2.08. The second kappa shape index (κ2) is 5.42. The van der Waals surface area contributed by atoms with Crippen molar-refractivity contribution in [3.05, 3.63) is 22.4 Å². The van der Waals surface area contributed by atoms with Gasteiger partial charge in [-0.1, -0.05) is 0 Å². The van der Waals surface area contributed by atoms with E-state index in [9.17, 15) is 0 Å². The van der Waals surface area contributed by atoms with E-state index >= 15 is 0 Å². The molecule has 0 aliphatic heterocycles. The molecule has 4 heteroatoms. The van der Waals surface area contributed by atoms with Crippen LogP contribution in [-0.2, 0) is 0 Å². The first-order valence-electron chi connectivity index (χ1n) is 3.39. The summed E-state index contributed by atoms with van der Waals surface area (Å²) in [4.78, 5) is 1.18. The Kier molecular flexibility index (Phi) is 5.31. The average molecular weight is 174 g/mol. The van der Waals surface area contributed by atoms with Crippen molar-refractivity contribution >= 4 is 17.0 Å². The molecule has 60 valence electrons. The zero-order chi connectivity index (χ0) is 8.27. The predicted molar refractivity (Wildman–Crippen MR) is 49.1 cm³/mol. The molecule has 2 nitrogen and oxygen atoms in total. The van der Waals surface area contributed by atoms with Crippen LogP contribution in [-0.4, -0.2) is 24.8 Å². The summed E-state index contributed by atoms with van der Waals surface area (Å²) in [5, 5.41) is 9.09. The maximum Gasteiger partial charge on any atom is 1.00 e. The van der Waals surface area contributed by atoms with Gasteiger partial charge in [0.25, 0.3) is 0 Å². The molecule has 1 aromatic heterocycles. The number of hydrazone groups is 1. The van der Waals surface area contributed by atoms with Gasteiger partial charge < -0.3 is 5.01 Å². The Labute approximate surface area is 89.5 Å². The third-order valence-electron chi connectivity index (χ3n) is 1.18. The third kappa shape index (κ3) is 3.44. The van der Waals surface area contributed by atoms with Gasteiger partial charge in [-0.15, -0.1) is 10.3 Å². The van der Waals surface area contributed by atoms with Crippen LogP contribution in [0, 0.1) is 5.38 Å². The Morgan fingerprint density at radius 3 is 2.67 bits per heavy atom. The molecule has 0 spiro atoms. The second-order valence-corrected chi connectivity index (χ2v) is 3.33. The Balaban J connectivity index is 0.00000121. The molecule has 1 heterocycles. The Morgan fingerprint density at radius 1 is 1.58 bits per heavy atom. The van der Waals surface area contributed by atoms with Crippen LogP contribution in [0.2, 0.25) is 0 Å². The van der Waals surface area contributed by atoms with E-state index in [1.54, 1.807) is 16.3 Å². The van der Waals surface area contributed by atoms with Crippen LogP contribution in [0.1, 0.15) is 11.8 Å². The van der Waals surface area contributed by atoms with Crippen molar-refractivity contribution in [1.29, 1.82) is 0 Å². The largest absolute Gasteiger partial charge is 1.00 e. The van der Waals surface area contributed by atoms with Crippen molar-refractivity contribution in [2.75, 3.05) is 14.1 Å². The molecule has 0 atom stereocenters. The molecular weight excluding hydrogens is 163 g/mol. The van der Waals surface area contributed by atoms with Gasteiger partial charge in [0.05, 0.1) is 0 Å². The molecule has 0 aliphatic rings. The smallest absolute Gasteiger partial charge is 0.304 e. The maximum absolute atomic E-state index is 4.26. The van der Waals surface area contributed by atoms with Crippen LogP contribution in [0.5, 0.6) is 0 Å².